The predicted molar refractivity (Wildman–Crippen MR) is 63.8 cm³/mol. The number of rotatable bonds is 5. The number of hydrogen-bond acceptors (Lipinski definition) is 5. The minimum atomic E-state index is 0.00764. The molecule has 5 nitrogen and oxygen atoms in total. The van der Waals surface area contributed by atoms with Crippen molar-refractivity contribution in [1.29, 1.82) is 0 Å². The van der Waals surface area contributed by atoms with Crippen LogP contribution in [0.4, 0.5) is 0 Å². The highest BCUT2D eigenvalue weighted by molar-refractivity contribution is 5.08. The van der Waals surface area contributed by atoms with Crippen LogP contribution in [0.25, 0.3) is 0 Å². The Kier molecular flexibility index (Phi) is 4.12. The minimum absolute atomic E-state index is 0.00764. The van der Waals surface area contributed by atoms with Crippen molar-refractivity contribution in [3.63, 3.8) is 0 Å². The van der Waals surface area contributed by atoms with E-state index in [-0.39, 0.29) is 12.0 Å². The standard InChI is InChI=1S/C12H21N3O2/c1-2-5-12(6-3-7-13-9-12)11-14-10(4-8-16)15-17-11/h13,16H,2-9H2,1H3. The fourth-order valence-electron chi connectivity index (χ4n) is 2.62. The highest BCUT2D eigenvalue weighted by atomic mass is 16.5. The molecule has 1 unspecified atom stereocenters. The summed E-state index contributed by atoms with van der Waals surface area (Å²) in [6.45, 7) is 4.24. The largest absolute Gasteiger partial charge is 0.396 e. The molecule has 1 aromatic rings. The number of aliphatic hydroxyl groups is 1. The fraction of sp³-hybridized carbons (Fsp3) is 0.833. The first kappa shape index (κ1) is 12.5. The molecule has 2 N–H and O–H groups in total. The monoisotopic (exact) mass is 239 g/mol. The van der Waals surface area contributed by atoms with Crippen LogP contribution in [0.1, 0.15) is 44.3 Å². The summed E-state index contributed by atoms with van der Waals surface area (Å²) in [5.74, 6) is 1.36. The molecule has 1 atom stereocenters. The predicted octanol–water partition coefficient (Wildman–Crippen LogP) is 1.03. The Labute approximate surface area is 102 Å². The number of piperidine rings is 1. The average Bonchev–Trinajstić information content (AvgIpc) is 2.80. The van der Waals surface area contributed by atoms with Gasteiger partial charge in [0.15, 0.2) is 5.82 Å². The Balaban J connectivity index is 2.18. The van der Waals surface area contributed by atoms with Crippen molar-refractivity contribution in [2.45, 2.75) is 44.4 Å². The normalized spacial score (nSPS) is 25.1. The molecule has 1 aromatic heterocycles. The maximum absolute atomic E-state index is 8.87. The molecule has 0 aliphatic carbocycles. The number of nitrogens with one attached hydrogen (secondary N) is 1. The Hall–Kier alpha value is -0.940. The summed E-state index contributed by atoms with van der Waals surface area (Å²) in [6, 6.07) is 0. The zero-order valence-electron chi connectivity index (χ0n) is 10.4. The lowest BCUT2D eigenvalue weighted by molar-refractivity contribution is 0.212. The third kappa shape index (κ3) is 2.66. The van der Waals surface area contributed by atoms with Crippen LogP contribution < -0.4 is 5.32 Å². The van der Waals surface area contributed by atoms with Crippen LogP contribution in [0.5, 0.6) is 0 Å². The van der Waals surface area contributed by atoms with Gasteiger partial charge in [-0.15, -0.1) is 0 Å². The van der Waals surface area contributed by atoms with E-state index in [2.05, 4.69) is 22.4 Å². The molecule has 96 valence electrons. The molecule has 0 saturated carbocycles. The van der Waals surface area contributed by atoms with E-state index in [0.717, 1.165) is 44.7 Å². The highest BCUT2D eigenvalue weighted by Crippen LogP contribution is 2.34. The first-order chi connectivity index (χ1) is 8.30. The summed E-state index contributed by atoms with van der Waals surface area (Å²) >= 11 is 0. The van der Waals surface area contributed by atoms with Gasteiger partial charge in [-0.05, 0) is 25.8 Å². The molecule has 2 heterocycles. The number of nitrogens with zero attached hydrogens (tertiary/aromatic N) is 2. The molecule has 0 amide bonds. The van der Waals surface area contributed by atoms with Gasteiger partial charge in [0.1, 0.15) is 0 Å². The van der Waals surface area contributed by atoms with Crippen molar-refractivity contribution in [3.05, 3.63) is 11.7 Å². The number of aliphatic hydroxyl groups excluding tert-OH is 1. The zero-order chi connectivity index (χ0) is 12.1. The van der Waals surface area contributed by atoms with Gasteiger partial charge in [0.05, 0.1) is 12.0 Å². The number of aromatic nitrogens is 2. The van der Waals surface area contributed by atoms with E-state index in [9.17, 15) is 0 Å². The van der Waals surface area contributed by atoms with Crippen molar-refractivity contribution in [1.82, 2.24) is 15.5 Å². The molecule has 2 rings (SSSR count). The SMILES string of the molecule is CCCC1(c2nc(CCO)no2)CCCNC1. The lowest BCUT2D eigenvalue weighted by Gasteiger charge is -2.34. The molecule has 1 aliphatic heterocycles. The topological polar surface area (TPSA) is 71.2 Å². The molecule has 0 radical (unpaired) electrons. The Morgan fingerprint density at radius 1 is 1.53 bits per heavy atom. The summed E-state index contributed by atoms with van der Waals surface area (Å²) in [4.78, 5) is 4.44. The van der Waals surface area contributed by atoms with Gasteiger partial charge in [-0.3, -0.25) is 0 Å². The van der Waals surface area contributed by atoms with Crippen LogP contribution in [-0.4, -0.2) is 34.9 Å². The lowest BCUT2D eigenvalue weighted by atomic mass is 9.77. The van der Waals surface area contributed by atoms with Gasteiger partial charge in [-0.1, -0.05) is 18.5 Å². The lowest BCUT2D eigenvalue weighted by Crippen LogP contribution is -2.43. The van der Waals surface area contributed by atoms with E-state index < -0.39 is 0 Å². The fourth-order valence-corrected chi connectivity index (χ4v) is 2.62. The summed E-state index contributed by atoms with van der Waals surface area (Å²) in [7, 11) is 0. The Bertz CT molecular complexity index is 340. The van der Waals surface area contributed by atoms with Crippen LogP contribution in [0, 0.1) is 0 Å². The van der Waals surface area contributed by atoms with E-state index in [1.165, 1.54) is 0 Å². The quantitative estimate of drug-likeness (QED) is 0.803. The van der Waals surface area contributed by atoms with Gasteiger partial charge < -0.3 is 14.9 Å². The van der Waals surface area contributed by atoms with Crippen molar-refractivity contribution in [2.75, 3.05) is 19.7 Å². The molecule has 1 fully saturated rings. The van der Waals surface area contributed by atoms with Crippen LogP contribution in [0.3, 0.4) is 0 Å². The molecule has 0 spiro atoms. The van der Waals surface area contributed by atoms with Crippen molar-refractivity contribution >= 4 is 0 Å². The smallest absolute Gasteiger partial charge is 0.234 e. The maximum atomic E-state index is 8.87. The van der Waals surface area contributed by atoms with Crippen LogP contribution in [-0.2, 0) is 11.8 Å². The molecule has 17 heavy (non-hydrogen) atoms. The zero-order valence-corrected chi connectivity index (χ0v) is 10.4. The summed E-state index contributed by atoms with van der Waals surface area (Å²) < 4.78 is 5.40. The van der Waals surface area contributed by atoms with Gasteiger partial charge in [-0.25, -0.2) is 0 Å². The van der Waals surface area contributed by atoms with Crippen molar-refractivity contribution < 1.29 is 9.63 Å². The molecular formula is C12H21N3O2. The van der Waals surface area contributed by atoms with Crippen molar-refractivity contribution in [2.24, 2.45) is 0 Å². The second-order valence-electron chi connectivity index (χ2n) is 4.80. The van der Waals surface area contributed by atoms with E-state index in [1.807, 2.05) is 0 Å². The molecule has 1 saturated heterocycles. The summed E-state index contributed by atoms with van der Waals surface area (Å²) in [5.41, 5.74) is 0.00764. The van der Waals surface area contributed by atoms with Gasteiger partial charge in [0.25, 0.3) is 0 Å². The van der Waals surface area contributed by atoms with E-state index in [4.69, 9.17) is 9.63 Å². The van der Waals surface area contributed by atoms with Gasteiger partial charge >= 0.3 is 0 Å². The average molecular weight is 239 g/mol. The minimum Gasteiger partial charge on any atom is -0.396 e. The van der Waals surface area contributed by atoms with Crippen LogP contribution >= 0.6 is 0 Å². The van der Waals surface area contributed by atoms with E-state index in [1.54, 1.807) is 0 Å². The number of hydrogen-bond donors (Lipinski definition) is 2. The van der Waals surface area contributed by atoms with Crippen LogP contribution in [0.2, 0.25) is 0 Å². The second kappa shape index (κ2) is 5.60. The van der Waals surface area contributed by atoms with Crippen LogP contribution in [0.15, 0.2) is 4.52 Å². The van der Waals surface area contributed by atoms with Gasteiger partial charge in [0, 0.05) is 13.0 Å². The maximum Gasteiger partial charge on any atom is 0.234 e. The van der Waals surface area contributed by atoms with Gasteiger partial charge in [0.2, 0.25) is 5.89 Å². The first-order valence-electron chi connectivity index (χ1n) is 6.45. The molecular weight excluding hydrogens is 218 g/mol. The molecule has 0 bridgehead atoms. The summed E-state index contributed by atoms with van der Waals surface area (Å²) in [5, 5.41) is 16.2. The molecule has 1 aliphatic rings. The molecule has 0 aromatic carbocycles. The second-order valence-corrected chi connectivity index (χ2v) is 4.80. The van der Waals surface area contributed by atoms with E-state index in [0.29, 0.717) is 12.2 Å². The highest BCUT2D eigenvalue weighted by Gasteiger charge is 2.38. The molecule has 5 heteroatoms. The Morgan fingerprint density at radius 3 is 3.06 bits per heavy atom. The van der Waals surface area contributed by atoms with Gasteiger partial charge in [-0.2, -0.15) is 4.98 Å². The third-order valence-electron chi connectivity index (χ3n) is 3.46. The van der Waals surface area contributed by atoms with E-state index >= 15 is 0 Å². The first-order valence-corrected chi connectivity index (χ1v) is 6.45. The third-order valence-corrected chi connectivity index (χ3v) is 3.46. The Morgan fingerprint density at radius 2 is 2.41 bits per heavy atom. The van der Waals surface area contributed by atoms with Crippen molar-refractivity contribution in [3.8, 4) is 0 Å². The summed E-state index contributed by atoms with van der Waals surface area (Å²) in [6.07, 6.45) is 4.91.